The molecule has 18 heavy (non-hydrogen) atoms. The van der Waals surface area contributed by atoms with Crippen LogP contribution < -0.4 is 16.0 Å². The zero-order valence-corrected chi connectivity index (χ0v) is 11.5. The maximum Gasteiger partial charge on any atom is 0.315 e. The summed E-state index contributed by atoms with van der Waals surface area (Å²) in [6.07, 6.45) is 7.36. The van der Waals surface area contributed by atoms with E-state index in [2.05, 4.69) is 22.9 Å². The molecule has 2 unspecified atom stereocenters. The lowest BCUT2D eigenvalue weighted by atomic mass is 9.88. The lowest BCUT2D eigenvalue weighted by Gasteiger charge is -2.30. The van der Waals surface area contributed by atoms with Gasteiger partial charge in [-0.3, -0.25) is 0 Å². The van der Waals surface area contributed by atoms with Crippen molar-refractivity contribution in [3.05, 3.63) is 0 Å². The van der Waals surface area contributed by atoms with E-state index >= 15 is 0 Å². The van der Waals surface area contributed by atoms with Crippen LogP contribution >= 0.6 is 0 Å². The van der Waals surface area contributed by atoms with Gasteiger partial charge in [-0.25, -0.2) is 4.79 Å². The van der Waals surface area contributed by atoms with Gasteiger partial charge in [0, 0.05) is 12.6 Å². The molecular formula is C14H27N3O. The Morgan fingerprint density at radius 1 is 1.22 bits per heavy atom. The molecule has 2 atom stereocenters. The molecule has 1 heterocycles. The molecule has 0 aromatic rings. The number of carbonyl (C=O) groups is 1. The molecule has 4 heteroatoms. The van der Waals surface area contributed by atoms with Gasteiger partial charge in [-0.1, -0.05) is 26.2 Å². The van der Waals surface area contributed by atoms with E-state index in [9.17, 15) is 4.79 Å². The second-order valence-corrected chi connectivity index (χ2v) is 5.92. The molecular weight excluding hydrogens is 226 g/mol. The van der Waals surface area contributed by atoms with Gasteiger partial charge in [-0.15, -0.1) is 0 Å². The third kappa shape index (κ3) is 4.16. The van der Waals surface area contributed by atoms with Crippen LogP contribution in [0.4, 0.5) is 4.79 Å². The third-order valence-electron chi connectivity index (χ3n) is 4.45. The first-order valence-electron chi connectivity index (χ1n) is 7.51. The first-order chi connectivity index (χ1) is 8.75. The minimum atomic E-state index is 0.0275. The van der Waals surface area contributed by atoms with E-state index in [0.717, 1.165) is 32.5 Å². The number of piperidine rings is 1. The van der Waals surface area contributed by atoms with Crippen LogP contribution in [0.5, 0.6) is 0 Å². The van der Waals surface area contributed by atoms with Crippen molar-refractivity contribution in [3.63, 3.8) is 0 Å². The molecule has 0 radical (unpaired) electrons. The monoisotopic (exact) mass is 253 g/mol. The largest absolute Gasteiger partial charge is 0.338 e. The lowest BCUT2D eigenvalue weighted by Crippen LogP contribution is -2.47. The van der Waals surface area contributed by atoms with Crippen molar-refractivity contribution in [1.29, 1.82) is 0 Å². The second kappa shape index (κ2) is 6.98. The zero-order chi connectivity index (χ0) is 12.8. The van der Waals surface area contributed by atoms with E-state index in [0.29, 0.717) is 17.9 Å². The average molecular weight is 253 g/mol. The van der Waals surface area contributed by atoms with Gasteiger partial charge in [0.25, 0.3) is 0 Å². The van der Waals surface area contributed by atoms with Crippen LogP contribution in [0.15, 0.2) is 0 Å². The normalized spacial score (nSPS) is 29.8. The Kier molecular flexibility index (Phi) is 5.29. The summed E-state index contributed by atoms with van der Waals surface area (Å²) in [6, 6.07) is 0.431. The molecule has 3 N–H and O–H groups in total. The van der Waals surface area contributed by atoms with Crippen molar-refractivity contribution in [3.8, 4) is 0 Å². The van der Waals surface area contributed by atoms with Crippen LogP contribution in [-0.4, -0.2) is 31.7 Å². The number of carbonyl (C=O) groups excluding carboxylic acids is 1. The number of hydrogen-bond donors (Lipinski definition) is 3. The van der Waals surface area contributed by atoms with Crippen LogP contribution in [0, 0.1) is 11.8 Å². The fourth-order valence-electron chi connectivity index (χ4n) is 3.03. The summed E-state index contributed by atoms with van der Waals surface area (Å²) in [5.41, 5.74) is 0. The zero-order valence-electron chi connectivity index (χ0n) is 11.5. The minimum absolute atomic E-state index is 0.0275. The van der Waals surface area contributed by atoms with Gasteiger partial charge in [-0.2, -0.15) is 0 Å². The van der Waals surface area contributed by atoms with Gasteiger partial charge in [0.1, 0.15) is 0 Å². The minimum Gasteiger partial charge on any atom is -0.338 e. The summed E-state index contributed by atoms with van der Waals surface area (Å²) < 4.78 is 0. The summed E-state index contributed by atoms with van der Waals surface area (Å²) in [5.74, 6) is 1.29. The predicted octanol–water partition coefficient (Wildman–Crippen LogP) is 1.86. The van der Waals surface area contributed by atoms with Crippen molar-refractivity contribution in [2.45, 2.75) is 51.5 Å². The molecule has 1 saturated heterocycles. The van der Waals surface area contributed by atoms with E-state index in [1.54, 1.807) is 0 Å². The van der Waals surface area contributed by atoms with E-state index in [1.807, 2.05) is 0 Å². The molecule has 1 aliphatic carbocycles. The fraction of sp³-hybridized carbons (Fsp3) is 0.929. The van der Waals surface area contributed by atoms with Crippen LogP contribution in [-0.2, 0) is 0 Å². The van der Waals surface area contributed by atoms with Crippen molar-refractivity contribution in [1.82, 2.24) is 16.0 Å². The predicted molar refractivity (Wildman–Crippen MR) is 73.5 cm³/mol. The van der Waals surface area contributed by atoms with Gasteiger partial charge >= 0.3 is 6.03 Å². The smallest absolute Gasteiger partial charge is 0.315 e. The van der Waals surface area contributed by atoms with Gasteiger partial charge < -0.3 is 16.0 Å². The van der Waals surface area contributed by atoms with Crippen molar-refractivity contribution in [2.24, 2.45) is 11.8 Å². The van der Waals surface area contributed by atoms with Gasteiger partial charge in [-0.05, 0) is 44.2 Å². The number of amides is 2. The van der Waals surface area contributed by atoms with E-state index < -0.39 is 0 Å². The van der Waals surface area contributed by atoms with Crippen LogP contribution in [0.25, 0.3) is 0 Å². The highest BCUT2D eigenvalue weighted by molar-refractivity contribution is 5.74. The Morgan fingerprint density at radius 3 is 2.72 bits per heavy atom. The maximum absolute atomic E-state index is 11.8. The first-order valence-corrected chi connectivity index (χ1v) is 7.51. The highest BCUT2D eigenvalue weighted by Gasteiger charge is 2.22. The van der Waals surface area contributed by atoms with Crippen LogP contribution in [0.2, 0.25) is 0 Å². The second-order valence-electron chi connectivity index (χ2n) is 5.92. The highest BCUT2D eigenvalue weighted by atomic mass is 16.2. The number of nitrogens with one attached hydrogen (secondary N) is 3. The number of hydrogen-bond acceptors (Lipinski definition) is 2. The quantitative estimate of drug-likeness (QED) is 0.719. The molecule has 2 rings (SSSR count). The molecule has 0 bridgehead atoms. The standard InChI is InChI=1S/C14H27N3O/c1-11-7-8-15-9-12(11)10-16-14(18)17-13-5-3-2-4-6-13/h11-13,15H,2-10H2,1H3,(H2,16,17,18). The van der Waals surface area contributed by atoms with E-state index in [-0.39, 0.29) is 6.03 Å². The third-order valence-corrected chi connectivity index (χ3v) is 4.45. The molecule has 1 aliphatic heterocycles. The molecule has 2 amide bonds. The van der Waals surface area contributed by atoms with Crippen LogP contribution in [0.1, 0.15) is 45.4 Å². The summed E-state index contributed by atoms with van der Waals surface area (Å²) in [4.78, 5) is 11.8. The molecule has 0 aromatic carbocycles. The summed E-state index contributed by atoms with van der Waals surface area (Å²) in [6.45, 7) is 5.23. The Bertz CT molecular complexity index is 264. The molecule has 2 aliphatic rings. The lowest BCUT2D eigenvalue weighted by molar-refractivity contribution is 0.222. The molecule has 2 fully saturated rings. The molecule has 0 spiro atoms. The van der Waals surface area contributed by atoms with Crippen molar-refractivity contribution >= 4 is 6.03 Å². The topological polar surface area (TPSA) is 53.2 Å². The Hall–Kier alpha value is -0.770. The van der Waals surface area contributed by atoms with E-state index in [4.69, 9.17) is 0 Å². The molecule has 104 valence electrons. The summed E-state index contributed by atoms with van der Waals surface area (Å²) in [5, 5.41) is 9.54. The Labute approximate surface area is 110 Å². The fourth-order valence-corrected chi connectivity index (χ4v) is 3.03. The highest BCUT2D eigenvalue weighted by Crippen LogP contribution is 2.18. The van der Waals surface area contributed by atoms with E-state index in [1.165, 1.54) is 25.7 Å². The molecule has 0 aromatic heterocycles. The van der Waals surface area contributed by atoms with Crippen molar-refractivity contribution in [2.75, 3.05) is 19.6 Å². The average Bonchev–Trinajstić information content (AvgIpc) is 2.39. The van der Waals surface area contributed by atoms with Crippen LogP contribution in [0.3, 0.4) is 0 Å². The Balaban J connectivity index is 1.64. The van der Waals surface area contributed by atoms with Gasteiger partial charge in [0.05, 0.1) is 0 Å². The summed E-state index contributed by atoms with van der Waals surface area (Å²) >= 11 is 0. The van der Waals surface area contributed by atoms with Gasteiger partial charge in [0.2, 0.25) is 0 Å². The summed E-state index contributed by atoms with van der Waals surface area (Å²) in [7, 11) is 0. The SMILES string of the molecule is CC1CCNCC1CNC(=O)NC1CCCCC1. The number of rotatable bonds is 3. The van der Waals surface area contributed by atoms with Crippen molar-refractivity contribution < 1.29 is 4.79 Å². The number of urea groups is 1. The molecule has 4 nitrogen and oxygen atoms in total. The maximum atomic E-state index is 11.8. The Morgan fingerprint density at radius 2 is 2.00 bits per heavy atom. The van der Waals surface area contributed by atoms with Gasteiger partial charge in [0.15, 0.2) is 0 Å². The molecule has 1 saturated carbocycles. The first kappa shape index (κ1) is 13.7.